The molecule has 6 heteroatoms. The van der Waals surface area contributed by atoms with Crippen LogP contribution >= 0.6 is 0 Å². The summed E-state index contributed by atoms with van der Waals surface area (Å²) in [5.41, 5.74) is 3.46. The molecule has 1 amide bonds. The van der Waals surface area contributed by atoms with Gasteiger partial charge in [-0.15, -0.1) is 0 Å². The highest BCUT2D eigenvalue weighted by Gasteiger charge is 2.34. The fourth-order valence-corrected chi connectivity index (χ4v) is 3.01. The Morgan fingerprint density at radius 2 is 2.16 bits per heavy atom. The van der Waals surface area contributed by atoms with E-state index in [0.29, 0.717) is 0 Å². The third-order valence-corrected chi connectivity index (χ3v) is 4.24. The fourth-order valence-electron chi connectivity index (χ4n) is 3.01. The van der Waals surface area contributed by atoms with Gasteiger partial charge in [0.15, 0.2) is 0 Å². The third kappa shape index (κ3) is 2.37. The number of aryl methyl sites for hydroxylation is 2. The average molecular weight is 263 g/mol. The monoisotopic (exact) mass is 263 g/mol. The zero-order chi connectivity index (χ0) is 13.4. The van der Waals surface area contributed by atoms with Gasteiger partial charge in [0.2, 0.25) is 5.91 Å². The highest BCUT2D eigenvalue weighted by molar-refractivity contribution is 5.82. The molecule has 2 saturated heterocycles. The van der Waals surface area contributed by atoms with Crippen LogP contribution in [0.15, 0.2) is 0 Å². The average Bonchev–Trinajstić information content (AvgIpc) is 2.72. The molecule has 0 bridgehead atoms. The van der Waals surface area contributed by atoms with Crippen LogP contribution in [0.4, 0.5) is 0 Å². The first kappa shape index (κ1) is 12.6. The van der Waals surface area contributed by atoms with Crippen LogP contribution in [-0.4, -0.2) is 64.7 Å². The quantitative estimate of drug-likeness (QED) is 0.765. The zero-order valence-electron chi connectivity index (χ0n) is 11.6. The van der Waals surface area contributed by atoms with Gasteiger partial charge >= 0.3 is 0 Å². The first-order valence-corrected chi connectivity index (χ1v) is 6.89. The number of aromatic nitrogens is 2. The van der Waals surface area contributed by atoms with Crippen molar-refractivity contribution in [3.63, 3.8) is 0 Å². The van der Waals surface area contributed by atoms with E-state index < -0.39 is 0 Å². The number of piperazine rings is 2. The molecule has 0 unspecified atom stereocenters. The Kier molecular flexibility index (Phi) is 3.28. The second-order valence-electron chi connectivity index (χ2n) is 5.49. The van der Waals surface area contributed by atoms with E-state index in [9.17, 15) is 4.79 Å². The van der Waals surface area contributed by atoms with Crippen molar-refractivity contribution in [1.29, 1.82) is 0 Å². The van der Waals surface area contributed by atoms with Crippen LogP contribution in [0.2, 0.25) is 0 Å². The van der Waals surface area contributed by atoms with Crippen LogP contribution in [0.5, 0.6) is 0 Å². The van der Waals surface area contributed by atoms with Crippen molar-refractivity contribution < 1.29 is 4.79 Å². The molecule has 0 spiro atoms. The molecule has 1 atom stereocenters. The van der Waals surface area contributed by atoms with Crippen molar-refractivity contribution in [1.82, 2.24) is 25.3 Å². The number of hydrogen-bond donors (Lipinski definition) is 2. The second kappa shape index (κ2) is 4.94. The predicted molar refractivity (Wildman–Crippen MR) is 71.7 cm³/mol. The molecule has 6 nitrogen and oxygen atoms in total. The number of hydrogen-bond acceptors (Lipinski definition) is 4. The van der Waals surface area contributed by atoms with E-state index in [2.05, 4.69) is 32.2 Å². The molecular weight excluding hydrogens is 242 g/mol. The minimum atomic E-state index is 0.0232. The van der Waals surface area contributed by atoms with E-state index >= 15 is 0 Å². The van der Waals surface area contributed by atoms with E-state index in [1.807, 2.05) is 6.92 Å². The van der Waals surface area contributed by atoms with E-state index in [1.165, 1.54) is 5.56 Å². The standard InChI is InChI=1S/C13H21N5O/c1-9-11(10(2)16-15-9)7-17-5-6-18-4-3-14-13(19)12(18)8-17/h12H,3-8H2,1-2H3,(H,14,19)(H,15,16)/t12-/m0/s1. The molecule has 3 heterocycles. The summed E-state index contributed by atoms with van der Waals surface area (Å²) in [6.07, 6.45) is 0. The van der Waals surface area contributed by atoms with Crippen molar-refractivity contribution in [2.24, 2.45) is 0 Å². The van der Waals surface area contributed by atoms with E-state index in [4.69, 9.17) is 0 Å². The summed E-state index contributed by atoms with van der Waals surface area (Å²) in [6, 6.07) is 0.0232. The molecule has 2 fully saturated rings. The summed E-state index contributed by atoms with van der Waals surface area (Å²) in [4.78, 5) is 16.6. The van der Waals surface area contributed by atoms with Gasteiger partial charge in [-0.1, -0.05) is 0 Å². The van der Waals surface area contributed by atoms with Crippen LogP contribution in [0.3, 0.4) is 0 Å². The summed E-state index contributed by atoms with van der Waals surface area (Å²) in [5, 5.41) is 10.2. The number of nitrogens with one attached hydrogen (secondary N) is 2. The molecule has 0 aliphatic carbocycles. The number of aromatic amines is 1. The molecule has 2 aliphatic heterocycles. The van der Waals surface area contributed by atoms with Crippen LogP contribution in [0.1, 0.15) is 17.0 Å². The lowest BCUT2D eigenvalue weighted by Gasteiger charge is -2.43. The molecule has 1 aromatic rings. The minimum Gasteiger partial charge on any atom is -0.353 e. The van der Waals surface area contributed by atoms with Gasteiger partial charge in [-0.2, -0.15) is 5.10 Å². The number of nitrogens with zero attached hydrogens (tertiary/aromatic N) is 3. The van der Waals surface area contributed by atoms with Gasteiger partial charge in [-0.05, 0) is 13.8 Å². The highest BCUT2D eigenvalue weighted by Crippen LogP contribution is 2.17. The predicted octanol–water partition coefficient (Wildman–Crippen LogP) is -0.357. The van der Waals surface area contributed by atoms with Crippen molar-refractivity contribution in [3.8, 4) is 0 Å². The molecule has 0 aromatic carbocycles. The maximum absolute atomic E-state index is 11.9. The lowest BCUT2D eigenvalue weighted by atomic mass is 10.1. The van der Waals surface area contributed by atoms with Gasteiger partial charge in [0.25, 0.3) is 0 Å². The molecule has 0 radical (unpaired) electrons. The molecule has 19 heavy (non-hydrogen) atoms. The Morgan fingerprint density at radius 3 is 2.89 bits per heavy atom. The molecule has 2 aliphatic rings. The largest absolute Gasteiger partial charge is 0.353 e. The first-order valence-electron chi connectivity index (χ1n) is 6.89. The summed E-state index contributed by atoms with van der Waals surface area (Å²) >= 11 is 0. The Labute approximate surface area is 113 Å². The summed E-state index contributed by atoms with van der Waals surface area (Å²) in [5.74, 6) is 0.177. The van der Waals surface area contributed by atoms with Crippen molar-refractivity contribution in [3.05, 3.63) is 17.0 Å². The van der Waals surface area contributed by atoms with Gasteiger partial charge < -0.3 is 5.32 Å². The minimum absolute atomic E-state index is 0.0232. The second-order valence-corrected chi connectivity index (χ2v) is 5.49. The van der Waals surface area contributed by atoms with Crippen molar-refractivity contribution in [2.75, 3.05) is 32.7 Å². The Morgan fingerprint density at radius 1 is 1.32 bits per heavy atom. The Balaban J connectivity index is 1.69. The van der Waals surface area contributed by atoms with Gasteiger partial charge in [-0.25, -0.2) is 0 Å². The Hall–Kier alpha value is -1.40. The number of fused-ring (bicyclic) bond motifs is 1. The highest BCUT2D eigenvalue weighted by atomic mass is 16.2. The summed E-state index contributed by atoms with van der Waals surface area (Å²) in [6.45, 7) is 9.55. The molecule has 3 rings (SSSR count). The van der Waals surface area contributed by atoms with Gasteiger partial charge in [-0.3, -0.25) is 19.7 Å². The number of carbonyl (C=O) groups is 1. The first-order chi connectivity index (χ1) is 9.15. The van der Waals surface area contributed by atoms with Crippen molar-refractivity contribution >= 4 is 5.91 Å². The third-order valence-electron chi connectivity index (χ3n) is 4.24. The number of H-pyrrole nitrogens is 1. The molecule has 0 saturated carbocycles. The lowest BCUT2D eigenvalue weighted by molar-refractivity contribution is -0.131. The zero-order valence-corrected chi connectivity index (χ0v) is 11.6. The molecule has 104 valence electrons. The van der Waals surface area contributed by atoms with E-state index in [1.54, 1.807) is 0 Å². The lowest BCUT2D eigenvalue weighted by Crippen LogP contribution is -2.63. The molecule has 2 N–H and O–H groups in total. The summed E-state index contributed by atoms with van der Waals surface area (Å²) in [7, 11) is 0. The van der Waals surface area contributed by atoms with E-state index in [-0.39, 0.29) is 11.9 Å². The molecular formula is C13H21N5O. The van der Waals surface area contributed by atoms with Crippen LogP contribution in [0.25, 0.3) is 0 Å². The number of amides is 1. The fraction of sp³-hybridized carbons (Fsp3) is 0.692. The van der Waals surface area contributed by atoms with Crippen molar-refractivity contribution in [2.45, 2.75) is 26.4 Å². The Bertz CT molecular complexity index is 464. The van der Waals surface area contributed by atoms with Crippen LogP contribution in [-0.2, 0) is 11.3 Å². The van der Waals surface area contributed by atoms with Crippen LogP contribution < -0.4 is 5.32 Å². The van der Waals surface area contributed by atoms with Gasteiger partial charge in [0, 0.05) is 50.5 Å². The smallest absolute Gasteiger partial charge is 0.238 e. The SMILES string of the molecule is Cc1n[nH]c(C)c1CN1CCN2CCNC(=O)[C@@H]2C1. The summed E-state index contributed by atoms with van der Waals surface area (Å²) < 4.78 is 0. The number of carbonyl (C=O) groups excluding carboxylic acids is 1. The van der Waals surface area contributed by atoms with Crippen LogP contribution in [0, 0.1) is 13.8 Å². The molecule has 1 aromatic heterocycles. The maximum atomic E-state index is 11.9. The van der Waals surface area contributed by atoms with Gasteiger partial charge in [0.1, 0.15) is 6.04 Å². The van der Waals surface area contributed by atoms with E-state index in [0.717, 1.165) is 50.7 Å². The normalized spacial score (nSPS) is 25.2. The topological polar surface area (TPSA) is 64.3 Å². The van der Waals surface area contributed by atoms with Gasteiger partial charge in [0.05, 0.1) is 5.69 Å². The number of rotatable bonds is 2. The maximum Gasteiger partial charge on any atom is 0.238 e.